The average molecular weight is 250 g/mol. The molecule has 4 nitrogen and oxygen atoms in total. The number of para-hydroxylation sites is 1. The first-order valence-electron chi connectivity index (χ1n) is 6.06. The predicted octanol–water partition coefficient (Wildman–Crippen LogP) is 2.31. The quantitative estimate of drug-likeness (QED) is 0.520. The fraction of sp³-hybridized carbons (Fsp3) is 0.0667. The van der Waals surface area contributed by atoms with Gasteiger partial charge in [0.2, 0.25) is 5.43 Å². The molecule has 4 rings (SSSR count). The van der Waals surface area contributed by atoms with Crippen LogP contribution in [0.15, 0.2) is 41.3 Å². The lowest BCUT2D eigenvalue weighted by Crippen LogP contribution is -2.17. The lowest BCUT2D eigenvalue weighted by molar-refractivity contribution is 0.0968. The number of aromatic nitrogens is 2. The third-order valence-electron chi connectivity index (χ3n) is 3.55. The van der Waals surface area contributed by atoms with Crippen LogP contribution in [-0.2, 0) is 0 Å². The zero-order chi connectivity index (χ0) is 13.1. The molecule has 0 unspecified atom stereocenters. The highest BCUT2D eigenvalue weighted by molar-refractivity contribution is 6.10. The van der Waals surface area contributed by atoms with Crippen molar-refractivity contribution in [1.82, 2.24) is 9.55 Å². The third kappa shape index (κ3) is 1.18. The van der Waals surface area contributed by atoms with Gasteiger partial charge >= 0.3 is 0 Å². The second kappa shape index (κ2) is 3.23. The van der Waals surface area contributed by atoms with Gasteiger partial charge in [0.05, 0.1) is 11.4 Å². The summed E-state index contributed by atoms with van der Waals surface area (Å²) in [5.41, 5.74) is 3.20. The first kappa shape index (κ1) is 10.3. The molecule has 0 bridgehead atoms. The average Bonchev–Trinajstić information content (AvgIpc) is 2.89. The number of aromatic amines is 1. The fourth-order valence-electron chi connectivity index (χ4n) is 2.71. The fourth-order valence-corrected chi connectivity index (χ4v) is 2.71. The van der Waals surface area contributed by atoms with Crippen LogP contribution in [-0.4, -0.2) is 15.5 Å². The summed E-state index contributed by atoms with van der Waals surface area (Å²) in [6, 6.07) is 9.16. The van der Waals surface area contributed by atoms with E-state index in [2.05, 4.69) is 4.98 Å². The molecule has 0 atom stereocenters. The van der Waals surface area contributed by atoms with Crippen LogP contribution in [0, 0.1) is 6.92 Å². The molecule has 1 aliphatic rings. The van der Waals surface area contributed by atoms with Crippen LogP contribution < -0.4 is 5.43 Å². The van der Waals surface area contributed by atoms with Gasteiger partial charge in [-0.05, 0) is 30.7 Å². The maximum atomic E-state index is 12.4. The van der Waals surface area contributed by atoms with Crippen LogP contribution in [0.2, 0.25) is 0 Å². The number of carbonyl (C=O) groups excluding carboxylic acids is 1. The van der Waals surface area contributed by atoms with Crippen LogP contribution in [0.4, 0.5) is 0 Å². The van der Waals surface area contributed by atoms with Crippen molar-refractivity contribution >= 4 is 16.8 Å². The Labute approximate surface area is 108 Å². The molecule has 0 amide bonds. The Balaban J connectivity index is 2.21. The largest absolute Gasteiger partial charge is 0.352 e. The number of benzene rings is 1. The summed E-state index contributed by atoms with van der Waals surface area (Å²) in [6.45, 7) is 1.93. The molecule has 0 aliphatic carbocycles. The molecule has 0 spiro atoms. The lowest BCUT2D eigenvalue weighted by atomic mass is 10.1. The van der Waals surface area contributed by atoms with Gasteiger partial charge in [0.25, 0.3) is 5.91 Å². The molecule has 0 fully saturated rings. The Bertz CT molecular complexity index is 916. The minimum absolute atomic E-state index is 0.198. The van der Waals surface area contributed by atoms with Gasteiger partial charge in [-0.2, -0.15) is 0 Å². The summed E-state index contributed by atoms with van der Waals surface area (Å²) < 4.78 is 1.54. The van der Waals surface area contributed by atoms with E-state index in [4.69, 9.17) is 0 Å². The van der Waals surface area contributed by atoms with Crippen LogP contribution >= 0.6 is 0 Å². The number of carbonyl (C=O) groups is 1. The Morgan fingerprint density at radius 1 is 1.16 bits per heavy atom. The highest BCUT2D eigenvalue weighted by atomic mass is 16.2. The van der Waals surface area contributed by atoms with E-state index in [9.17, 15) is 9.59 Å². The van der Waals surface area contributed by atoms with E-state index in [1.807, 2.05) is 25.1 Å². The van der Waals surface area contributed by atoms with Crippen LogP contribution in [0.3, 0.4) is 0 Å². The van der Waals surface area contributed by atoms with Crippen molar-refractivity contribution in [2.75, 3.05) is 0 Å². The molecule has 92 valence electrons. The summed E-state index contributed by atoms with van der Waals surface area (Å²) in [4.78, 5) is 27.9. The molecule has 2 aromatic heterocycles. The SMILES string of the molecule is Cc1cc2n(c1)C(=O)c1c-2[nH]c2ccccc2c1=O. The molecule has 0 saturated carbocycles. The maximum absolute atomic E-state index is 12.4. The van der Waals surface area contributed by atoms with Gasteiger partial charge in [-0.25, -0.2) is 0 Å². The van der Waals surface area contributed by atoms with Crippen molar-refractivity contribution in [3.63, 3.8) is 0 Å². The summed E-state index contributed by atoms with van der Waals surface area (Å²) in [6.07, 6.45) is 1.76. The molecule has 1 aromatic carbocycles. The molecule has 0 radical (unpaired) electrons. The summed E-state index contributed by atoms with van der Waals surface area (Å²) in [5, 5.41) is 0.553. The molecule has 1 N–H and O–H groups in total. The van der Waals surface area contributed by atoms with E-state index in [0.717, 1.165) is 16.8 Å². The van der Waals surface area contributed by atoms with Crippen LogP contribution in [0.25, 0.3) is 22.3 Å². The summed E-state index contributed by atoms with van der Waals surface area (Å²) in [5.74, 6) is -0.245. The van der Waals surface area contributed by atoms with Crippen molar-refractivity contribution in [2.45, 2.75) is 6.92 Å². The summed E-state index contributed by atoms with van der Waals surface area (Å²) >= 11 is 0. The van der Waals surface area contributed by atoms with Crippen molar-refractivity contribution in [3.05, 3.63) is 57.9 Å². The summed E-state index contributed by atoms with van der Waals surface area (Å²) in [7, 11) is 0. The van der Waals surface area contributed by atoms with E-state index >= 15 is 0 Å². The second-order valence-electron chi connectivity index (χ2n) is 4.83. The van der Waals surface area contributed by atoms with Crippen molar-refractivity contribution in [3.8, 4) is 11.4 Å². The highest BCUT2D eigenvalue weighted by Crippen LogP contribution is 2.31. The van der Waals surface area contributed by atoms with E-state index in [1.165, 1.54) is 4.57 Å². The Kier molecular flexibility index (Phi) is 1.75. The number of pyridine rings is 1. The Hall–Kier alpha value is -2.62. The number of fused-ring (bicyclic) bond motifs is 4. The number of hydrogen-bond donors (Lipinski definition) is 1. The second-order valence-corrected chi connectivity index (χ2v) is 4.83. The number of H-pyrrole nitrogens is 1. The zero-order valence-corrected chi connectivity index (χ0v) is 10.2. The van der Waals surface area contributed by atoms with Crippen LogP contribution in [0.5, 0.6) is 0 Å². The maximum Gasteiger partial charge on any atom is 0.268 e. The van der Waals surface area contributed by atoms with E-state index < -0.39 is 0 Å². The first-order valence-corrected chi connectivity index (χ1v) is 6.06. The van der Waals surface area contributed by atoms with Gasteiger partial charge < -0.3 is 4.98 Å². The number of nitrogens with zero attached hydrogens (tertiary/aromatic N) is 1. The Morgan fingerprint density at radius 2 is 1.95 bits per heavy atom. The lowest BCUT2D eigenvalue weighted by Gasteiger charge is -2.02. The van der Waals surface area contributed by atoms with Gasteiger partial charge in [0.15, 0.2) is 0 Å². The molecule has 3 aromatic rings. The standard InChI is InChI=1S/C15H10N2O2/c1-8-6-11-13-12(15(19)17(11)7-8)14(18)9-4-2-3-5-10(9)16-13/h2-7H,1H3,(H,16,18). The zero-order valence-electron chi connectivity index (χ0n) is 10.2. The van der Waals surface area contributed by atoms with Gasteiger partial charge in [-0.1, -0.05) is 12.1 Å². The number of rotatable bonds is 0. The topological polar surface area (TPSA) is 54.9 Å². The monoisotopic (exact) mass is 250 g/mol. The van der Waals surface area contributed by atoms with Gasteiger partial charge in [0.1, 0.15) is 5.56 Å². The molecule has 19 heavy (non-hydrogen) atoms. The van der Waals surface area contributed by atoms with E-state index in [0.29, 0.717) is 11.1 Å². The van der Waals surface area contributed by atoms with Crippen molar-refractivity contribution < 1.29 is 4.79 Å². The third-order valence-corrected chi connectivity index (χ3v) is 3.55. The van der Waals surface area contributed by atoms with Crippen molar-refractivity contribution in [2.24, 2.45) is 0 Å². The number of nitrogens with one attached hydrogen (secondary N) is 1. The molecule has 1 aliphatic heterocycles. The minimum Gasteiger partial charge on any atom is -0.352 e. The first-order chi connectivity index (χ1) is 9.16. The molecule has 3 heterocycles. The van der Waals surface area contributed by atoms with E-state index in [-0.39, 0.29) is 16.9 Å². The van der Waals surface area contributed by atoms with Gasteiger partial charge in [-0.3, -0.25) is 14.2 Å². The molecule has 4 heteroatoms. The highest BCUT2D eigenvalue weighted by Gasteiger charge is 2.30. The molecular formula is C15H10N2O2. The van der Waals surface area contributed by atoms with Crippen molar-refractivity contribution in [1.29, 1.82) is 0 Å². The minimum atomic E-state index is -0.245. The van der Waals surface area contributed by atoms with Gasteiger partial charge in [0, 0.05) is 17.1 Å². The van der Waals surface area contributed by atoms with Crippen LogP contribution in [0.1, 0.15) is 15.9 Å². The van der Waals surface area contributed by atoms with E-state index in [1.54, 1.807) is 18.3 Å². The Morgan fingerprint density at radius 3 is 2.79 bits per heavy atom. The molecule has 0 saturated heterocycles. The molecular weight excluding hydrogens is 240 g/mol. The number of hydrogen-bond acceptors (Lipinski definition) is 2. The smallest absolute Gasteiger partial charge is 0.268 e. The normalized spacial score (nSPS) is 12.8. The van der Waals surface area contributed by atoms with Gasteiger partial charge in [-0.15, -0.1) is 0 Å². The number of aryl methyl sites for hydroxylation is 1. The predicted molar refractivity (Wildman–Crippen MR) is 72.5 cm³/mol.